The molecule has 2 atom stereocenters. The van der Waals surface area contributed by atoms with Crippen molar-refractivity contribution in [2.24, 2.45) is 11.3 Å². The molecule has 0 aromatic heterocycles. The van der Waals surface area contributed by atoms with Crippen LogP contribution >= 0.6 is 0 Å². The second-order valence-electron chi connectivity index (χ2n) is 8.75. The van der Waals surface area contributed by atoms with Crippen LogP contribution in [0.4, 0.5) is 13.6 Å². The number of nitrogens with zero attached hydrogens (tertiary/aromatic N) is 2. The Bertz CT molecular complexity index is 930. The first-order chi connectivity index (χ1) is 15.3. The van der Waals surface area contributed by atoms with Gasteiger partial charge in [0.25, 0.3) is 0 Å². The van der Waals surface area contributed by atoms with Gasteiger partial charge in [-0.05, 0) is 54.4 Å². The number of methoxy groups -OCH3 is 1. The van der Waals surface area contributed by atoms with Crippen LogP contribution in [-0.2, 0) is 14.3 Å². The SMILES string of the molecule is COC(=O)N1CC2(CC2)CC(C(=O)NO)C1C(=O)N1CC=C(c2cc(F)cc(F)c2)CC1. The van der Waals surface area contributed by atoms with E-state index in [4.69, 9.17) is 4.74 Å². The van der Waals surface area contributed by atoms with Gasteiger partial charge in [-0.15, -0.1) is 0 Å². The fraction of sp³-hybridized carbons (Fsp3) is 0.500. The van der Waals surface area contributed by atoms with E-state index in [1.807, 2.05) is 0 Å². The molecule has 1 aromatic carbocycles. The highest BCUT2D eigenvalue weighted by molar-refractivity contribution is 5.93. The van der Waals surface area contributed by atoms with Crippen molar-refractivity contribution in [1.29, 1.82) is 0 Å². The van der Waals surface area contributed by atoms with E-state index >= 15 is 0 Å². The molecule has 2 unspecified atom stereocenters. The highest BCUT2D eigenvalue weighted by Gasteiger charge is 2.57. The topological polar surface area (TPSA) is 99.2 Å². The van der Waals surface area contributed by atoms with Crippen molar-refractivity contribution in [2.45, 2.75) is 31.7 Å². The summed E-state index contributed by atoms with van der Waals surface area (Å²) in [4.78, 5) is 41.2. The predicted octanol–water partition coefficient (Wildman–Crippen LogP) is 2.32. The van der Waals surface area contributed by atoms with E-state index in [9.17, 15) is 28.4 Å². The first kappa shape index (κ1) is 22.2. The lowest BCUT2D eigenvalue weighted by molar-refractivity contribution is -0.150. The van der Waals surface area contributed by atoms with Crippen LogP contribution in [-0.4, -0.2) is 65.7 Å². The van der Waals surface area contributed by atoms with Crippen LogP contribution in [0.5, 0.6) is 0 Å². The molecule has 2 fully saturated rings. The van der Waals surface area contributed by atoms with Gasteiger partial charge in [-0.2, -0.15) is 0 Å². The second-order valence-corrected chi connectivity index (χ2v) is 8.75. The zero-order chi connectivity index (χ0) is 23.0. The lowest BCUT2D eigenvalue weighted by Crippen LogP contribution is -2.62. The molecule has 0 bridgehead atoms. The van der Waals surface area contributed by atoms with Crippen molar-refractivity contribution in [3.8, 4) is 0 Å². The molecule has 1 spiro atoms. The van der Waals surface area contributed by atoms with Gasteiger partial charge in [0.2, 0.25) is 11.8 Å². The summed E-state index contributed by atoms with van der Waals surface area (Å²) in [5, 5.41) is 9.25. The Morgan fingerprint density at radius 2 is 1.88 bits per heavy atom. The van der Waals surface area contributed by atoms with E-state index in [1.54, 1.807) is 11.6 Å². The van der Waals surface area contributed by atoms with Crippen LogP contribution in [0.1, 0.15) is 31.2 Å². The van der Waals surface area contributed by atoms with Gasteiger partial charge in [0.1, 0.15) is 17.7 Å². The van der Waals surface area contributed by atoms with Crippen LogP contribution < -0.4 is 5.48 Å². The number of rotatable bonds is 3. The average molecular weight is 449 g/mol. The van der Waals surface area contributed by atoms with Crippen LogP contribution in [0, 0.1) is 23.0 Å². The Morgan fingerprint density at radius 3 is 2.41 bits per heavy atom. The number of hydroxylamine groups is 1. The fourth-order valence-electron chi connectivity index (χ4n) is 4.84. The highest BCUT2D eigenvalue weighted by Crippen LogP contribution is 2.55. The predicted molar refractivity (Wildman–Crippen MR) is 108 cm³/mol. The number of ether oxygens (including phenoxy) is 1. The molecule has 2 N–H and O–H groups in total. The lowest BCUT2D eigenvalue weighted by atomic mass is 9.79. The van der Waals surface area contributed by atoms with Crippen LogP contribution in [0.15, 0.2) is 24.3 Å². The first-order valence-corrected chi connectivity index (χ1v) is 10.5. The maximum absolute atomic E-state index is 13.6. The number of likely N-dealkylation sites (tertiary alicyclic amines) is 1. The maximum atomic E-state index is 13.6. The van der Waals surface area contributed by atoms with E-state index in [0.717, 1.165) is 18.9 Å². The number of benzene rings is 1. The smallest absolute Gasteiger partial charge is 0.410 e. The standard InChI is InChI=1S/C22H25F2N3O5/c1-32-21(30)27-12-22(4-5-22)11-17(19(28)25-31)18(27)20(29)26-6-2-13(3-7-26)14-8-15(23)10-16(24)9-14/h2,8-10,17-18,31H,3-7,11-12H2,1H3,(H,25,28). The third-order valence-corrected chi connectivity index (χ3v) is 6.70. The normalized spacial score (nSPS) is 24.1. The molecule has 32 heavy (non-hydrogen) atoms. The zero-order valence-electron chi connectivity index (χ0n) is 17.6. The molecule has 3 aliphatic rings. The number of hydrogen-bond acceptors (Lipinski definition) is 5. The maximum Gasteiger partial charge on any atom is 0.410 e. The van der Waals surface area contributed by atoms with Crippen molar-refractivity contribution >= 4 is 23.5 Å². The highest BCUT2D eigenvalue weighted by atomic mass is 19.1. The minimum absolute atomic E-state index is 0.163. The number of amides is 3. The summed E-state index contributed by atoms with van der Waals surface area (Å²) in [6.45, 7) is 0.728. The number of carbonyl (C=O) groups excluding carboxylic acids is 3. The number of nitrogens with one attached hydrogen (secondary N) is 1. The van der Waals surface area contributed by atoms with Gasteiger partial charge in [-0.1, -0.05) is 6.08 Å². The monoisotopic (exact) mass is 449 g/mol. The summed E-state index contributed by atoms with van der Waals surface area (Å²) >= 11 is 0. The lowest BCUT2D eigenvalue weighted by Gasteiger charge is -2.44. The second kappa shape index (κ2) is 8.50. The van der Waals surface area contributed by atoms with E-state index in [0.29, 0.717) is 30.5 Å². The summed E-state index contributed by atoms with van der Waals surface area (Å²) in [5.41, 5.74) is 2.52. The largest absolute Gasteiger partial charge is 0.453 e. The number of halogens is 2. The van der Waals surface area contributed by atoms with Crippen LogP contribution in [0.2, 0.25) is 0 Å². The van der Waals surface area contributed by atoms with E-state index in [1.165, 1.54) is 29.0 Å². The van der Waals surface area contributed by atoms with E-state index in [-0.39, 0.29) is 18.5 Å². The van der Waals surface area contributed by atoms with Crippen molar-refractivity contribution in [2.75, 3.05) is 26.7 Å². The van der Waals surface area contributed by atoms with Crippen molar-refractivity contribution in [3.05, 3.63) is 41.5 Å². The first-order valence-electron chi connectivity index (χ1n) is 10.5. The van der Waals surface area contributed by atoms with Gasteiger partial charge >= 0.3 is 6.09 Å². The van der Waals surface area contributed by atoms with Crippen molar-refractivity contribution in [3.63, 3.8) is 0 Å². The Balaban J connectivity index is 1.57. The molecule has 1 saturated carbocycles. The van der Waals surface area contributed by atoms with Gasteiger partial charge in [0, 0.05) is 25.7 Å². The van der Waals surface area contributed by atoms with E-state index in [2.05, 4.69) is 0 Å². The quantitative estimate of drug-likeness (QED) is 0.545. The molecule has 172 valence electrons. The molecule has 0 radical (unpaired) electrons. The Kier molecular flexibility index (Phi) is 5.89. The Hall–Kier alpha value is -3.01. The molecule has 2 heterocycles. The van der Waals surface area contributed by atoms with Gasteiger partial charge < -0.3 is 9.64 Å². The summed E-state index contributed by atoms with van der Waals surface area (Å²) in [5.74, 6) is -3.41. The molecule has 1 saturated heterocycles. The van der Waals surface area contributed by atoms with Gasteiger partial charge in [0.05, 0.1) is 13.0 Å². The van der Waals surface area contributed by atoms with Gasteiger partial charge in [-0.25, -0.2) is 19.1 Å². The summed E-state index contributed by atoms with van der Waals surface area (Å²) < 4.78 is 32.0. The molecular formula is C22H25F2N3O5. The molecule has 1 aromatic rings. The zero-order valence-corrected chi connectivity index (χ0v) is 17.6. The molecule has 4 rings (SSSR count). The average Bonchev–Trinajstić information content (AvgIpc) is 3.54. The molecule has 1 aliphatic carbocycles. The minimum Gasteiger partial charge on any atom is -0.453 e. The molecule has 3 amide bonds. The fourth-order valence-corrected chi connectivity index (χ4v) is 4.84. The summed E-state index contributed by atoms with van der Waals surface area (Å²) in [6.07, 6.45) is 3.42. The molecule has 10 heteroatoms. The third kappa shape index (κ3) is 4.19. The summed E-state index contributed by atoms with van der Waals surface area (Å²) in [6, 6.07) is 2.17. The van der Waals surface area contributed by atoms with Crippen LogP contribution in [0.3, 0.4) is 0 Å². The molecule has 8 nitrogen and oxygen atoms in total. The number of piperidine rings is 1. The third-order valence-electron chi connectivity index (χ3n) is 6.70. The Morgan fingerprint density at radius 1 is 1.19 bits per heavy atom. The number of carbonyl (C=O) groups is 3. The molecular weight excluding hydrogens is 424 g/mol. The van der Waals surface area contributed by atoms with Crippen molar-refractivity contribution < 1.29 is 33.1 Å². The van der Waals surface area contributed by atoms with Gasteiger partial charge in [0.15, 0.2) is 0 Å². The Labute approximate surface area is 183 Å². The number of hydrogen-bond donors (Lipinski definition) is 2. The van der Waals surface area contributed by atoms with Gasteiger partial charge in [-0.3, -0.25) is 19.7 Å². The van der Waals surface area contributed by atoms with E-state index < -0.39 is 41.5 Å². The van der Waals surface area contributed by atoms with Crippen molar-refractivity contribution in [1.82, 2.24) is 15.3 Å². The van der Waals surface area contributed by atoms with Crippen LogP contribution in [0.25, 0.3) is 5.57 Å². The molecule has 2 aliphatic heterocycles. The minimum atomic E-state index is -1.11. The summed E-state index contributed by atoms with van der Waals surface area (Å²) in [7, 11) is 1.22.